The highest BCUT2D eigenvalue weighted by molar-refractivity contribution is 5.89. The summed E-state index contributed by atoms with van der Waals surface area (Å²) in [5, 5.41) is 2.67. The lowest BCUT2D eigenvalue weighted by Gasteiger charge is -1.95. The molecule has 0 aliphatic rings. The van der Waals surface area contributed by atoms with Gasteiger partial charge in [0.25, 0.3) is 0 Å². The Morgan fingerprint density at radius 3 is 2.47 bits per heavy atom. The van der Waals surface area contributed by atoms with Crippen molar-refractivity contribution >= 4 is 12.0 Å². The largest absolute Gasteiger partial charge is 0.329 e. The first-order chi connectivity index (χ1) is 7.18. The van der Waals surface area contributed by atoms with Gasteiger partial charge in [-0.1, -0.05) is 35.9 Å². The average molecular weight is 201 g/mol. The Morgan fingerprint density at radius 1 is 1.20 bits per heavy atom. The van der Waals surface area contributed by atoms with Crippen LogP contribution in [0.5, 0.6) is 0 Å². The summed E-state index contributed by atoms with van der Waals surface area (Å²) in [6, 6.07) is 9.82. The number of hydrogen-bond donors (Lipinski definition) is 1. The van der Waals surface area contributed by atoms with Gasteiger partial charge in [0.15, 0.2) is 0 Å². The number of nitrogens with one attached hydrogen (secondary N) is 1. The second-order valence-corrected chi connectivity index (χ2v) is 3.47. The fraction of sp³-hybridized carbons (Fsp3) is 0.154. The van der Waals surface area contributed by atoms with Crippen LogP contribution in [0.25, 0.3) is 6.08 Å². The molecular weight excluding hydrogens is 186 g/mol. The molecule has 2 heteroatoms. The minimum atomic E-state index is -0.0952. The predicted molar refractivity (Wildman–Crippen MR) is 63.0 cm³/mol. The van der Waals surface area contributed by atoms with E-state index in [1.165, 1.54) is 0 Å². The normalized spacial score (nSPS) is 10.0. The Morgan fingerprint density at radius 2 is 1.87 bits per heavy atom. The molecular formula is C13H15NO. The van der Waals surface area contributed by atoms with Crippen molar-refractivity contribution in [2.24, 2.45) is 0 Å². The van der Waals surface area contributed by atoms with Crippen molar-refractivity contribution in [3.05, 3.63) is 53.7 Å². The van der Waals surface area contributed by atoms with Crippen LogP contribution in [-0.4, -0.2) is 5.91 Å². The maximum Gasteiger partial charge on any atom is 0.247 e. The van der Waals surface area contributed by atoms with Crippen molar-refractivity contribution in [2.75, 3.05) is 0 Å². The van der Waals surface area contributed by atoms with E-state index in [2.05, 4.69) is 5.32 Å². The van der Waals surface area contributed by atoms with Gasteiger partial charge in [0, 0.05) is 12.3 Å². The molecule has 0 atom stereocenters. The molecule has 1 aromatic rings. The Bertz CT molecular complexity index is 373. The third-order valence-electron chi connectivity index (χ3n) is 1.72. The summed E-state index contributed by atoms with van der Waals surface area (Å²) in [6.45, 7) is 3.78. The molecule has 15 heavy (non-hydrogen) atoms. The number of hydrogen-bond acceptors (Lipinski definition) is 1. The van der Waals surface area contributed by atoms with Crippen molar-refractivity contribution in [3.63, 3.8) is 0 Å². The van der Waals surface area contributed by atoms with Gasteiger partial charge in [-0.25, -0.2) is 0 Å². The van der Waals surface area contributed by atoms with Crippen LogP contribution in [0.2, 0.25) is 0 Å². The van der Waals surface area contributed by atoms with Crippen LogP contribution < -0.4 is 5.32 Å². The van der Waals surface area contributed by atoms with E-state index in [0.29, 0.717) is 0 Å². The maximum atomic E-state index is 11.2. The summed E-state index contributed by atoms with van der Waals surface area (Å²) in [4.78, 5) is 11.2. The first kappa shape index (κ1) is 11.2. The highest BCUT2D eigenvalue weighted by Gasteiger charge is 1.90. The number of carbonyl (C=O) groups excluding carboxylic acids is 1. The van der Waals surface area contributed by atoms with E-state index in [0.717, 1.165) is 11.1 Å². The molecule has 78 valence electrons. The van der Waals surface area contributed by atoms with Crippen LogP contribution in [0.1, 0.15) is 19.4 Å². The van der Waals surface area contributed by atoms with Gasteiger partial charge in [-0.05, 0) is 25.5 Å². The van der Waals surface area contributed by atoms with Gasteiger partial charge in [0.1, 0.15) is 0 Å². The molecule has 0 bridgehead atoms. The first-order valence-electron chi connectivity index (χ1n) is 4.85. The Hall–Kier alpha value is -1.83. The molecule has 0 heterocycles. The van der Waals surface area contributed by atoms with Crippen molar-refractivity contribution in [3.8, 4) is 0 Å². The van der Waals surface area contributed by atoms with Gasteiger partial charge in [-0.2, -0.15) is 0 Å². The van der Waals surface area contributed by atoms with E-state index >= 15 is 0 Å². The van der Waals surface area contributed by atoms with Crippen molar-refractivity contribution in [2.45, 2.75) is 13.8 Å². The monoisotopic (exact) mass is 201 g/mol. The minimum absolute atomic E-state index is 0.0952. The Labute approximate surface area is 90.3 Å². The zero-order valence-electron chi connectivity index (χ0n) is 9.03. The Balaban J connectivity index is 2.48. The third-order valence-corrected chi connectivity index (χ3v) is 1.72. The zero-order chi connectivity index (χ0) is 11.1. The Kier molecular flexibility index (Phi) is 4.35. The highest BCUT2D eigenvalue weighted by atomic mass is 16.1. The van der Waals surface area contributed by atoms with Crippen LogP contribution in [-0.2, 0) is 4.79 Å². The molecule has 2 nitrogen and oxygen atoms in total. The molecule has 1 N–H and O–H groups in total. The number of allylic oxidation sites excluding steroid dienone is 1. The molecule has 0 radical (unpaired) electrons. The molecule has 1 amide bonds. The van der Waals surface area contributed by atoms with E-state index < -0.39 is 0 Å². The zero-order valence-corrected chi connectivity index (χ0v) is 9.03. The lowest BCUT2D eigenvalue weighted by molar-refractivity contribution is -0.115. The van der Waals surface area contributed by atoms with Crippen molar-refractivity contribution in [1.29, 1.82) is 0 Å². The summed E-state index contributed by atoms with van der Waals surface area (Å²) in [7, 11) is 0. The fourth-order valence-corrected chi connectivity index (χ4v) is 1.09. The van der Waals surface area contributed by atoms with Crippen LogP contribution in [0.4, 0.5) is 0 Å². The predicted octanol–water partition coefficient (Wildman–Crippen LogP) is 2.74. The lowest BCUT2D eigenvalue weighted by atomic mass is 10.2. The SMILES string of the molecule is CC(C)=CC(=O)NC=Cc1ccccc1. The quantitative estimate of drug-likeness (QED) is 0.748. The van der Waals surface area contributed by atoms with E-state index in [4.69, 9.17) is 0 Å². The standard InChI is InChI=1S/C13H15NO/c1-11(2)10-13(15)14-9-8-12-6-4-3-5-7-12/h3-10H,1-2H3,(H,14,15). The van der Waals surface area contributed by atoms with Crippen LogP contribution >= 0.6 is 0 Å². The molecule has 0 spiro atoms. The van der Waals surface area contributed by atoms with Crippen molar-refractivity contribution < 1.29 is 4.79 Å². The van der Waals surface area contributed by atoms with Gasteiger partial charge < -0.3 is 5.32 Å². The van der Waals surface area contributed by atoms with Gasteiger partial charge in [0.2, 0.25) is 5.91 Å². The van der Waals surface area contributed by atoms with Crippen LogP contribution in [0.3, 0.4) is 0 Å². The summed E-state index contributed by atoms with van der Waals surface area (Å²) < 4.78 is 0. The molecule has 0 aromatic heterocycles. The molecule has 0 unspecified atom stereocenters. The maximum absolute atomic E-state index is 11.2. The summed E-state index contributed by atoms with van der Waals surface area (Å²) in [5.74, 6) is -0.0952. The second kappa shape index (κ2) is 5.81. The van der Waals surface area contributed by atoms with Gasteiger partial charge >= 0.3 is 0 Å². The molecule has 0 aliphatic heterocycles. The van der Waals surface area contributed by atoms with Crippen molar-refractivity contribution in [1.82, 2.24) is 5.32 Å². The lowest BCUT2D eigenvalue weighted by Crippen LogP contribution is -2.13. The summed E-state index contributed by atoms with van der Waals surface area (Å²) in [5.41, 5.74) is 2.05. The van der Waals surface area contributed by atoms with E-state index in [9.17, 15) is 4.79 Å². The van der Waals surface area contributed by atoms with E-state index in [-0.39, 0.29) is 5.91 Å². The summed E-state index contributed by atoms with van der Waals surface area (Å²) in [6.07, 6.45) is 5.07. The average Bonchev–Trinajstić information content (AvgIpc) is 2.18. The molecule has 1 rings (SSSR count). The second-order valence-electron chi connectivity index (χ2n) is 3.47. The number of benzene rings is 1. The molecule has 1 aromatic carbocycles. The molecule has 0 saturated carbocycles. The van der Waals surface area contributed by atoms with Gasteiger partial charge in [-0.3, -0.25) is 4.79 Å². The molecule has 0 fully saturated rings. The number of amides is 1. The number of carbonyl (C=O) groups is 1. The molecule has 0 saturated heterocycles. The first-order valence-corrected chi connectivity index (χ1v) is 4.85. The minimum Gasteiger partial charge on any atom is -0.329 e. The van der Waals surface area contributed by atoms with Gasteiger partial charge in [-0.15, -0.1) is 0 Å². The highest BCUT2D eigenvalue weighted by Crippen LogP contribution is 1.99. The fourth-order valence-electron chi connectivity index (χ4n) is 1.09. The molecule has 0 aliphatic carbocycles. The topological polar surface area (TPSA) is 29.1 Å². The van der Waals surface area contributed by atoms with Gasteiger partial charge in [0.05, 0.1) is 0 Å². The van der Waals surface area contributed by atoms with Crippen LogP contribution in [0, 0.1) is 0 Å². The van der Waals surface area contributed by atoms with Crippen LogP contribution in [0.15, 0.2) is 48.2 Å². The smallest absolute Gasteiger partial charge is 0.247 e. The third kappa shape index (κ3) is 4.81. The van der Waals surface area contributed by atoms with E-state index in [1.54, 1.807) is 12.3 Å². The number of rotatable bonds is 3. The van der Waals surface area contributed by atoms with E-state index in [1.807, 2.05) is 50.3 Å². The summed E-state index contributed by atoms with van der Waals surface area (Å²) >= 11 is 0.